The highest BCUT2D eigenvalue weighted by Gasteiger charge is 2.31. The molecule has 0 unspecified atom stereocenters. The third kappa shape index (κ3) is 2.19. The normalized spacial score (nSPS) is 14.6. The SMILES string of the molecule is O=C(O)c1nc(C2CC2)n(-c2ccc(Cl)c(F)c2)n1. The minimum Gasteiger partial charge on any atom is -0.475 e. The minimum absolute atomic E-state index is 0.00953. The van der Waals surface area contributed by atoms with Crippen LogP contribution in [0.2, 0.25) is 5.02 Å². The molecule has 7 heteroatoms. The Morgan fingerprint density at radius 2 is 2.21 bits per heavy atom. The van der Waals surface area contributed by atoms with Gasteiger partial charge in [-0.2, -0.15) is 0 Å². The number of aromatic nitrogens is 3. The van der Waals surface area contributed by atoms with Gasteiger partial charge in [0.2, 0.25) is 0 Å². The van der Waals surface area contributed by atoms with Crippen molar-refractivity contribution in [2.75, 3.05) is 0 Å². The molecule has 0 aliphatic heterocycles. The van der Waals surface area contributed by atoms with Crippen molar-refractivity contribution in [3.8, 4) is 5.69 Å². The number of nitrogens with zero attached hydrogens (tertiary/aromatic N) is 3. The molecule has 0 saturated heterocycles. The Morgan fingerprint density at radius 3 is 2.79 bits per heavy atom. The molecule has 1 aliphatic carbocycles. The first kappa shape index (κ1) is 12.1. The summed E-state index contributed by atoms with van der Waals surface area (Å²) in [6.07, 6.45) is 1.88. The first-order chi connectivity index (χ1) is 9.06. The molecule has 2 aromatic rings. The van der Waals surface area contributed by atoms with E-state index in [-0.39, 0.29) is 16.8 Å². The first-order valence-corrected chi connectivity index (χ1v) is 6.09. The van der Waals surface area contributed by atoms with E-state index in [1.807, 2.05) is 0 Å². The Labute approximate surface area is 112 Å². The Hall–Kier alpha value is -1.95. The van der Waals surface area contributed by atoms with Gasteiger partial charge in [-0.1, -0.05) is 11.6 Å². The molecule has 1 saturated carbocycles. The van der Waals surface area contributed by atoms with Crippen LogP contribution < -0.4 is 0 Å². The van der Waals surface area contributed by atoms with Gasteiger partial charge in [0.25, 0.3) is 5.82 Å². The van der Waals surface area contributed by atoms with E-state index in [9.17, 15) is 9.18 Å². The first-order valence-electron chi connectivity index (χ1n) is 5.72. The Bertz CT molecular complexity index is 667. The summed E-state index contributed by atoms with van der Waals surface area (Å²) in [5.74, 6) is -1.31. The molecule has 0 radical (unpaired) electrons. The molecule has 0 spiro atoms. The molecule has 0 amide bonds. The van der Waals surface area contributed by atoms with E-state index in [2.05, 4.69) is 10.1 Å². The van der Waals surface area contributed by atoms with Crippen molar-refractivity contribution >= 4 is 17.6 Å². The zero-order valence-corrected chi connectivity index (χ0v) is 10.4. The fraction of sp³-hybridized carbons (Fsp3) is 0.250. The fourth-order valence-corrected chi connectivity index (χ4v) is 1.94. The van der Waals surface area contributed by atoms with Crippen molar-refractivity contribution < 1.29 is 14.3 Å². The second kappa shape index (κ2) is 4.31. The van der Waals surface area contributed by atoms with Gasteiger partial charge in [0.1, 0.15) is 11.6 Å². The minimum atomic E-state index is -1.20. The Kier molecular flexibility index (Phi) is 2.74. The highest BCUT2D eigenvalue weighted by Crippen LogP contribution is 2.39. The summed E-state index contributed by atoms with van der Waals surface area (Å²) in [5.41, 5.74) is 0.420. The molecule has 3 rings (SSSR count). The van der Waals surface area contributed by atoms with Gasteiger partial charge in [-0.05, 0) is 25.0 Å². The number of rotatable bonds is 3. The van der Waals surface area contributed by atoms with Crippen LogP contribution in [0.1, 0.15) is 35.2 Å². The summed E-state index contributed by atoms with van der Waals surface area (Å²) in [5, 5.41) is 12.9. The average Bonchev–Trinajstić information content (AvgIpc) is 3.11. The van der Waals surface area contributed by atoms with E-state index in [0.29, 0.717) is 11.5 Å². The molecule has 5 nitrogen and oxygen atoms in total. The highest BCUT2D eigenvalue weighted by molar-refractivity contribution is 6.30. The number of hydrogen-bond donors (Lipinski definition) is 1. The molecular weight excluding hydrogens is 273 g/mol. The summed E-state index contributed by atoms with van der Waals surface area (Å²) in [4.78, 5) is 14.9. The number of halogens is 2. The number of carboxylic acid groups (broad SMARTS) is 1. The maximum absolute atomic E-state index is 13.5. The molecule has 1 N–H and O–H groups in total. The van der Waals surface area contributed by atoms with Crippen LogP contribution >= 0.6 is 11.6 Å². The van der Waals surface area contributed by atoms with E-state index in [4.69, 9.17) is 16.7 Å². The molecule has 1 heterocycles. The Morgan fingerprint density at radius 1 is 1.47 bits per heavy atom. The number of benzene rings is 1. The summed E-state index contributed by atoms with van der Waals surface area (Å²) in [6.45, 7) is 0. The Balaban J connectivity index is 2.12. The van der Waals surface area contributed by atoms with Gasteiger partial charge in [0, 0.05) is 12.0 Å². The topological polar surface area (TPSA) is 68.0 Å². The molecule has 0 bridgehead atoms. The van der Waals surface area contributed by atoms with Crippen LogP contribution in [0.15, 0.2) is 18.2 Å². The number of hydrogen-bond acceptors (Lipinski definition) is 3. The average molecular weight is 282 g/mol. The largest absolute Gasteiger partial charge is 0.475 e. The van der Waals surface area contributed by atoms with Gasteiger partial charge in [0.15, 0.2) is 0 Å². The van der Waals surface area contributed by atoms with Crippen molar-refractivity contribution in [2.45, 2.75) is 18.8 Å². The molecule has 98 valence electrons. The van der Waals surface area contributed by atoms with Gasteiger partial charge in [-0.25, -0.2) is 18.9 Å². The molecule has 1 aromatic carbocycles. The van der Waals surface area contributed by atoms with Gasteiger partial charge in [-0.3, -0.25) is 0 Å². The van der Waals surface area contributed by atoms with Crippen LogP contribution in [0.3, 0.4) is 0 Å². The van der Waals surface area contributed by atoms with Gasteiger partial charge < -0.3 is 5.11 Å². The number of carbonyl (C=O) groups is 1. The van der Waals surface area contributed by atoms with E-state index in [1.54, 1.807) is 6.07 Å². The maximum atomic E-state index is 13.5. The zero-order valence-electron chi connectivity index (χ0n) is 9.68. The third-order valence-corrected chi connectivity index (χ3v) is 3.22. The highest BCUT2D eigenvalue weighted by atomic mass is 35.5. The lowest BCUT2D eigenvalue weighted by atomic mass is 10.3. The molecular formula is C12H9ClFN3O2. The van der Waals surface area contributed by atoms with Gasteiger partial charge in [-0.15, -0.1) is 5.10 Å². The van der Waals surface area contributed by atoms with Crippen molar-refractivity contribution in [3.05, 3.63) is 40.7 Å². The van der Waals surface area contributed by atoms with Crippen LogP contribution in [0.4, 0.5) is 4.39 Å². The van der Waals surface area contributed by atoms with Crippen LogP contribution in [0.5, 0.6) is 0 Å². The molecule has 1 fully saturated rings. The van der Waals surface area contributed by atoms with Gasteiger partial charge in [0.05, 0.1) is 10.7 Å². The smallest absolute Gasteiger partial charge is 0.375 e. The summed E-state index contributed by atoms with van der Waals surface area (Å²) in [7, 11) is 0. The fourth-order valence-electron chi connectivity index (χ4n) is 1.83. The molecule has 19 heavy (non-hydrogen) atoms. The molecule has 1 aromatic heterocycles. The maximum Gasteiger partial charge on any atom is 0.375 e. The predicted molar refractivity (Wildman–Crippen MR) is 65.3 cm³/mol. The second-order valence-corrected chi connectivity index (χ2v) is 4.79. The van der Waals surface area contributed by atoms with Crippen molar-refractivity contribution in [3.63, 3.8) is 0 Å². The van der Waals surface area contributed by atoms with E-state index >= 15 is 0 Å². The monoisotopic (exact) mass is 281 g/mol. The number of aromatic carboxylic acids is 1. The quantitative estimate of drug-likeness (QED) is 0.939. The van der Waals surface area contributed by atoms with E-state index in [0.717, 1.165) is 12.8 Å². The number of carboxylic acids is 1. The van der Waals surface area contributed by atoms with E-state index < -0.39 is 11.8 Å². The zero-order chi connectivity index (χ0) is 13.6. The van der Waals surface area contributed by atoms with Crippen LogP contribution in [-0.4, -0.2) is 25.8 Å². The molecule has 1 aliphatic rings. The van der Waals surface area contributed by atoms with Crippen LogP contribution in [0.25, 0.3) is 5.69 Å². The van der Waals surface area contributed by atoms with Crippen molar-refractivity contribution in [1.82, 2.24) is 14.8 Å². The standard InChI is InChI=1S/C12H9ClFN3O2/c13-8-4-3-7(5-9(8)14)17-11(6-1-2-6)15-10(16-17)12(18)19/h3-6H,1-2H2,(H,18,19). The summed E-state index contributed by atoms with van der Waals surface area (Å²) in [6, 6.07) is 4.21. The predicted octanol–water partition coefficient (Wildman–Crippen LogP) is 2.64. The second-order valence-electron chi connectivity index (χ2n) is 4.38. The van der Waals surface area contributed by atoms with Crippen LogP contribution in [0, 0.1) is 5.82 Å². The van der Waals surface area contributed by atoms with Crippen LogP contribution in [-0.2, 0) is 0 Å². The van der Waals surface area contributed by atoms with Gasteiger partial charge >= 0.3 is 5.97 Å². The third-order valence-electron chi connectivity index (χ3n) is 2.91. The lowest BCUT2D eigenvalue weighted by Gasteiger charge is -2.05. The lowest BCUT2D eigenvalue weighted by Crippen LogP contribution is -2.03. The summed E-state index contributed by atoms with van der Waals surface area (Å²) >= 11 is 5.62. The van der Waals surface area contributed by atoms with Crippen molar-refractivity contribution in [2.24, 2.45) is 0 Å². The van der Waals surface area contributed by atoms with Crippen molar-refractivity contribution in [1.29, 1.82) is 0 Å². The summed E-state index contributed by atoms with van der Waals surface area (Å²) < 4.78 is 14.8. The molecule has 0 atom stereocenters. The van der Waals surface area contributed by atoms with E-state index in [1.165, 1.54) is 16.8 Å². The lowest BCUT2D eigenvalue weighted by molar-refractivity contribution is 0.0683.